The van der Waals surface area contributed by atoms with Gasteiger partial charge in [0.2, 0.25) is 0 Å². The lowest BCUT2D eigenvalue weighted by Crippen LogP contribution is -2.16. The van der Waals surface area contributed by atoms with Crippen molar-refractivity contribution in [2.45, 2.75) is 5.92 Å². The number of carbonyl (C=O) groups excluding carboxylic acids is 1. The van der Waals surface area contributed by atoms with Crippen molar-refractivity contribution in [1.29, 1.82) is 0 Å². The maximum absolute atomic E-state index is 11.1. The van der Waals surface area contributed by atoms with Gasteiger partial charge in [-0.1, -0.05) is 29.8 Å². The largest absolute Gasteiger partial charge is 0.380 e. The number of likely N-dealkylation sites (N-methyl/N-ethyl adjacent to an activating group) is 1. The number of nitrogens with zero attached hydrogens (tertiary/aromatic N) is 1. The molecule has 1 aromatic rings. The first kappa shape index (κ1) is 11.9. The predicted molar refractivity (Wildman–Crippen MR) is 70.5 cm³/mol. The molecule has 3 heteroatoms. The Bertz CT molecular complexity index is 503. The van der Waals surface area contributed by atoms with Gasteiger partial charge in [-0.2, -0.15) is 0 Å². The maximum atomic E-state index is 11.1. The van der Waals surface area contributed by atoms with E-state index < -0.39 is 0 Å². The van der Waals surface area contributed by atoms with E-state index in [1.807, 2.05) is 32.3 Å². The van der Waals surface area contributed by atoms with Crippen LogP contribution in [0.1, 0.15) is 21.8 Å². The number of rotatable bonds is 3. The number of hydrogen-bond acceptors (Lipinski definition) is 2. The van der Waals surface area contributed by atoms with Gasteiger partial charge in [-0.15, -0.1) is 0 Å². The van der Waals surface area contributed by atoms with Crippen LogP contribution in [0.25, 0.3) is 0 Å². The molecule has 88 valence electrons. The van der Waals surface area contributed by atoms with Crippen LogP contribution in [0, 0.1) is 0 Å². The molecule has 0 bridgehead atoms. The molecular formula is C14H14ClNO. The lowest BCUT2D eigenvalue weighted by molar-refractivity contribution is 0.112. The van der Waals surface area contributed by atoms with Crippen molar-refractivity contribution in [3.05, 3.63) is 58.3 Å². The quantitative estimate of drug-likeness (QED) is 0.765. The minimum absolute atomic E-state index is 0.141. The van der Waals surface area contributed by atoms with Gasteiger partial charge in [-0.25, -0.2) is 0 Å². The molecule has 1 aliphatic rings. The summed E-state index contributed by atoms with van der Waals surface area (Å²) in [4.78, 5) is 13.2. The van der Waals surface area contributed by atoms with E-state index in [9.17, 15) is 4.79 Å². The summed E-state index contributed by atoms with van der Waals surface area (Å²) in [6.45, 7) is 0. The number of allylic oxidation sites excluding steroid dienone is 3. The van der Waals surface area contributed by atoms with Crippen LogP contribution in [-0.4, -0.2) is 25.3 Å². The van der Waals surface area contributed by atoms with E-state index in [0.29, 0.717) is 10.6 Å². The summed E-state index contributed by atoms with van der Waals surface area (Å²) in [5, 5.41) is 0.591. The monoisotopic (exact) mass is 247 g/mol. The SMILES string of the molecule is CN(C)C1=CC=CC1c1ccc(Cl)cc1C=O. The molecule has 0 radical (unpaired) electrons. The fourth-order valence-corrected chi connectivity index (χ4v) is 2.27. The van der Waals surface area contributed by atoms with E-state index in [2.05, 4.69) is 17.1 Å². The lowest BCUT2D eigenvalue weighted by Gasteiger charge is -2.22. The average Bonchev–Trinajstić information content (AvgIpc) is 2.77. The Morgan fingerprint density at radius 3 is 2.76 bits per heavy atom. The number of halogens is 1. The van der Waals surface area contributed by atoms with Crippen molar-refractivity contribution >= 4 is 17.9 Å². The molecule has 0 heterocycles. The fraction of sp³-hybridized carbons (Fsp3) is 0.214. The van der Waals surface area contributed by atoms with E-state index in [1.165, 1.54) is 5.70 Å². The van der Waals surface area contributed by atoms with E-state index in [0.717, 1.165) is 11.8 Å². The second kappa shape index (κ2) is 4.76. The zero-order valence-corrected chi connectivity index (χ0v) is 10.6. The Morgan fingerprint density at radius 2 is 2.12 bits per heavy atom. The Labute approximate surface area is 106 Å². The molecule has 1 unspecified atom stereocenters. The van der Waals surface area contributed by atoms with Crippen LogP contribution in [0.5, 0.6) is 0 Å². The second-order valence-electron chi connectivity index (χ2n) is 4.24. The molecule has 2 rings (SSSR count). The van der Waals surface area contributed by atoms with E-state index in [4.69, 9.17) is 11.6 Å². The van der Waals surface area contributed by atoms with E-state index in [-0.39, 0.29) is 5.92 Å². The third kappa shape index (κ3) is 2.27. The highest BCUT2D eigenvalue weighted by molar-refractivity contribution is 6.30. The first-order valence-corrected chi connectivity index (χ1v) is 5.81. The zero-order chi connectivity index (χ0) is 12.4. The van der Waals surface area contributed by atoms with Crippen LogP contribution >= 0.6 is 11.6 Å². The molecule has 0 spiro atoms. The van der Waals surface area contributed by atoms with Crippen LogP contribution in [0.15, 0.2) is 42.1 Å². The Hall–Kier alpha value is -1.54. The molecule has 0 saturated carbocycles. The molecule has 1 aliphatic carbocycles. The van der Waals surface area contributed by atoms with E-state index in [1.54, 1.807) is 6.07 Å². The smallest absolute Gasteiger partial charge is 0.150 e. The standard InChI is InChI=1S/C14H14ClNO/c1-16(2)14-5-3-4-13(14)12-7-6-11(15)8-10(12)9-17/h3-9,13H,1-2H3. The highest BCUT2D eigenvalue weighted by Gasteiger charge is 2.21. The van der Waals surface area contributed by atoms with Gasteiger partial charge in [0.25, 0.3) is 0 Å². The third-order valence-electron chi connectivity index (χ3n) is 2.92. The summed E-state index contributed by atoms with van der Waals surface area (Å²) in [5.74, 6) is 0.141. The van der Waals surface area contributed by atoms with Crippen LogP contribution in [0.2, 0.25) is 5.02 Å². The second-order valence-corrected chi connectivity index (χ2v) is 4.68. The molecule has 17 heavy (non-hydrogen) atoms. The first-order valence-electron chi connectivity index (χ1n) is 5.44. The van der Waals surface area contributed by atoms with Crippen LogP contribution < -0.4 is 0 Å². The first-order chi connectivity index (χ1) is 8.13. The Balaban J connectivity index is 2.44. The predicted octanol–water partition coefficient (Wildman–Crippen LogP) is 3.25. The Kier molecular flexibility index (Phi) is 3.34. The third-order valence-corrected chi connectivity index (χ3v) is 3.15. The number of benzene rings is 1. The van der Waals surface area contributed by atoms with Crippen molar-refractivity contribution in [2.75, 3.05) is 14.1 Å². The van der Waals surface area contributed by atoms with Crippen molar-refractivity contribution in [3.63, 3.8) is 0 Å². The molecule has 0 N–H and O–H groups in total. The van der Waals surface area contributed by atoms with Gasteiger partial charge in [0.1, 0.15) is 6.29 Å². The highest BCUT2D eigenvalue weighted by atomic mass is 35.5. The van der Waals surface area contributed by atoms with Crippen molar-refractivity contribution in [2.24, 2.45) is 0 Å². The molecule has 0 aliphatic heterocycles. The topological polar surface area (TPSA) is 20.3 Å². The van der Waals surface area contributed by atoms with Gasteiger partial charge < -0.3 is 4.90 Å². The van der Waals surface area contributed by atoms with Crippen LogP contribution in [0.4, 0.5) is 0 Å². The van der Waals surface area contributed by atoms with Gasteiger partial charge in [0.05, 0.1) is 0 Å². The van der Waals surface area contributed by atoms with Gasteiger partial charge in [0, 0.05) is 36.3 Å². The minimum atomic E-state index is 0.141. The Morgan fingerprint density at radius 1 is 1.35 bits per heavy atom. The van der Waals surface area contributed by atoms with Gasteiger partial charge in [0.15, 0.2) is 0 Å². The van der Waals surface area contributed by atoms with Crippen molar-refractivity contribution in [1.82, 2.24) is 4.90 Å². The summed E-state index contributed by atoms with van der Waals surface area (Å²) in [6.07, 6.45) is 7.03. The molecule has 2 nitrogen and oxygen atoms in total. The lowest BCUT2D eigenvalue weighted by atomic mass is 9.93. The van der Waals surface area contributed by atoms with E-state index >= 15 is 0 Å². The zero-order valence-electron chi connectivity index (χ0n) is 9.85. The molecule has 0 aromatic heterocycles. The number of aldehydes is 1. The van der Waals surface area contributed by atoms with Crippen molar-refractivity contribution < 1.29 is 4.79 Å². The maximum Gasteiger partial charge on any atom is 0.150 e. The summed E-state index contributed by atoms with van der Waals surface area (Å²) in [7, 11) is 4.00. The molecule has 0 amide bonds. The fourth-order valence-electron chi connectivity index (χ4n) is 2.09. The van der Waals surface area contributed by atoms with Crippen molar-refractivity contribution in [3.8, 4) is 0 Å². The van der Waals surface area contributed by atoms with Crippen LogP contribution in [-0.2, 0) is 0 Å². The summed E-state index contributed by atoms with van der Waals surface area (Å²) >= 11 is 5.90. The average molecular weight is 248 g/mol. The van der Waals surface area contributed by atoms with Gasteiger partial charge >= 0.3 is 0 Å². The molecule has 1 aromatic carbocycles. The molecule has 0 fully saturated rings. The molecular weight excluding hydrogens is 234 g/mol. The normalized spacial score (nSPS) is 18.1. The summed E-state index contributed by atoms with van der Waals surface area (Å²) in [5.41, 5.74) is 2.83. The van der Waals surface area contributed by atoms with Crippen LogP contribution in [0.3, 0.4) is 0 Å². The number of hydrogen-bond donors (Lipinski definition) is 0. The molecule has 0 saturated heterocycles. The summed E-state index contributed by atoms with van der Waals surface area (Å²) < 4.78 is 0. The van der Waals surface area contributed by atoms with Gasteiger partial charge in [-0.05, 0) is 23.8 Å². The van der Waals surface area contributed by atoms with Gasteiger partial charge in [-0.3, -0.25) is 4.79 Å². The summed E-state index contributed by atoms with van der Waals surface area (Å²) in [6, 6.07) is 5.45. The number of carbonyl (C=O) groups is 1. The minimum Gasteiger partial charge on any atom is -0.380 e. The highest BCUT2D eigenvalue weighted by Crippen LogP contribution is 2.33. The molecule has 1 atom stereocenters.